The van der Waals surface area contributed by atoms with Gasteiger partial charge in [0.05, 0.1) is 6.42 Å². The third-order valence-corrected chi connectivity index (χ3v) is 3.41. The topological polar surface area (TPSA) is 58.6 Å². The molecule has 0 unspecified atom stereocenters. The van der Waals surface area contributed by atoms with Crippen molar-refractivity contribution in [2.75, 3.05) is 33.4 Å². The summed E-state index contributed by atoms with van der Waals surface area (Å²) in [4.78, 5) is 25.1. The number of rotatable bonds is 9. The molecule has 0 aliphatic carbocycles. The van der Waals surface area contributed by atoms with E-state index in [4.69, 9.17) is 4.74 Å². The zero-order chi connectivity index (χ0) is 16.4. The van der Waals surface area contributed by atoms with Crippen LogP contribution in [-0.2, 0) is 20.7 Å². The number of nitrogens with one attached hydrogen (secondary N) is 1. The number of carbonyl (C=O) groups excluding carboxylic acids is 2. The van der Waals surface area contributed by atoms with E-state index in [1.165, 1.54) is 5.56 Å². The Labute approximate surface area is 132 Å². The van der Waals surface area contributed by atoms with Crippen LogP contribution < -0.4 is 5.32 Å². The Morgan fingerprint density at radius 3 is 2.45 bits per heavy atom. The molecule has 0 aliphatic heterocycles. The molecular formula is C17H26N2O3. The molecule has 1 N–H and O–H groups in total. The first-order valence-electron chi connectivity index (χ1n) is 7.59. The SMILES string of the molecule is COCCCN(CCNC(=O)Cc1ccc(C)cc1)C(C)=O. The minimum atomic E-state index is -0.0238. The minimum Gasteiger partial charge on any atom is -0.385 e. The first-order chi connectivity index (χ1) is 10.5. The van der Waals surface area contributed by atoms with Crippen molar-refractivity contribution in [3.8, 4) is 0 Å². The second kappa shape index (κ2) is 9.95. The summed E-state index contributed by atoms with van der Waals surface area (Å²) in [5.41, 5.74) is 2.17. The highest BCUT2D eigenvalue weighted by molar-refractivity contribution is 5.78. The van der Waals surface area contributed by atoms with Gasteiger partial charge in [0.25, 0.3) is 0 Å². The quantitative estimate of drug-likeness (QED) is 0.704. The van der Waals surface area contributed by atoms with Crippen LogP contribution in [0.4, 0.5) is 0 Å². The zero-order valence-electron chi connectivity index (χ0n) is 13.7. The van der Waals surface area contributed by atoms with Gasteiger partial charge in [0.1, 0.15) is 0 Å². The molecule has 0 fully saturated rings. The van der Waals surface area contributed by atoms with E-state index in [0.29, 0.717) is 32.7 Å². The van der Waals surface area contributed by atoms with Crippen LogP contribution in [0.15, 0.2) is 24.3 Å². The van der Waals surface area contributed by atoms with Gasteiger partial charge in [-0.1, -0.05) is 29.8 Å². The average Bonchev–Trinajstić information content (AvgIpc) is 2.48. The standard InChI is InChI=1S/C17H26N2O3/c1-14-5-7-16(8-6-14)13-17(21)18-9-11-19(15(2)20)10-4-12-22-3/h5-8H,4,9-13H2,1-3H3,(H,18,21). The number of methoxy groups -OCH3 is 1. The Bertz CT molecular complexity index is 471. The highest BCUT2D eigenvalue weighted by Gasteiger charge is 2.09. The highest BCUT2D eigenvalue weighted by atomic mass is 16.5. The van der Waals surface area contributed by atoms with Gasteiger partial charge in [-0.3, -0.25) is 9.59 Å². The van der Waals surface area contributed by atoms with Gasteiger partial charge in [-0.05, 0) is 18.9 Å². The van der Waals surface area contributed by atoms with Crippen molar-refractivity contribution in [3.63, 3.8) is 0 Å². The molecule has 5 heteroatoms. The van der Waals surface area contributed by atoms with Crippen molar-refractivity contribution in [1.82, 2.24) is 10.2 Å². The van der Waals surface area contributed by atoms with E-state index >= 15 is 0 Å². The van der Waals surface area contributed by atoms with Crippen LogP contribution in [0.3, 0.4) is 0 Å². The molecule has 122 valence electrons. The van der Waals surface area contributed by atoms with Crippen molar-refractivity contribution < 1.29 is 14.3 Å². The molecule has 0 heterocycles. The van der Waals surface area contributed by atoms with Crippen LogP contribution in [0, 0.1) is 6.92 Å². The van der Waals surface area contributed by atoms with Gasteiger partial charge >= 0.3 is 0 Å². The number of carbonyl (C=O) groups is 2. The summed E-state index contributed by atoms with van der Waals surface area (Å²) in [5, 5.41) is 2.86. The second-order valence-corrected chi connectivity index (χ2v) is 5.36. The van der Waals surface area contributed by atoms with Gasteiger partial charge in [0.15, 0.2) is 0 Å². The normalized spacial score (nSPS) is 10.3. The van der Waals surface area contributed by atoms with E-state index < -0.39 is 0 Å². The summed E-state index contributed by atoms with van der Waals surface area (Å²) < 4.78 is 4.98. The number of aryl methyl sites for hydroxylation is 1. The van der Waals surface area contributed by atoms with E-state index in [0.717, 1.165) is 12.0 Å². The summed E-state index contributed by atoms with van der Waals surface area (Å²) in [6, 6.07) is 7.91. The molecule has 2 amide bonds. The molecule has 5 nitrogen and oxygen atoms in total. The fourth-order valence-corrected chi connectivity index (χ4v) is 2.11. The number of hydrogen-bond acceptors (Lipinski definition) is 3. The molecule has 0 spiro atoms. The Kier molecular flexibility index (Phi) is 8.22. The van der Waals surface area contributed by atoms with Crippen molar-refractivity contribution in [1.29, 1.82) is 0 Å². The molecule has 0 aromatic heterocycles. The summed E-state index contributed by atoms with van der Waals surface area (Å²) >= 11 is 0. The largest absolute Gasteiger partial charge is 0.385 e. The monoisotopic (exact) mass is 306 g/mol. The Morgan fingerprint density at radius 2 is 1.86 bits per heavy atom. The summed E-state index contributed by atoms with van der Waals surface area (Å²) in [5.74, 6) is -0.00636. The average molecular weight is 306 g/mol. The van der Waals surface area contributed by atoms with Crippen LogP contribution in [0.5, 0.6) is 0 Å². The van der Waals surface area contributed by atoms with Crippen molar-refractivity contribution in [2.24, 2.45) is 0 Å². The lowest BCUT2D eigenvalue weighted by molar-refractivity contribution is -0.129. The predicted octanol–water partition coefficient (Wildman–Crippen LogP) is 1.54. The maximum atomic E-state index is 11.9. The van der Waals surface area contributed by atoms with E-state index in [1.807, 2.05) is 31.2 Å². The van der Waals surface area contributed by atoms with Crippen molar-refractivity contribution >= 4 is 11.8 Å². The molecular weight excluding hydrogens is 280 g/mol. The molecule has 1 rings (SSSR count). The molecule has 0 atom stereocenters. The number of nitrogens with zero attached hydrogens (tertiary/aromatic N) is 1. The van der Waals surface area contributed by atoms with E-state index in [9.17, 15) is 9.59 Å². The lowest BCUT2D eigenvalue weighted by Gasteiger charge is -2.21. The summed E-state index contributed by atoms with van der Waals surface area (Å²) in [7, 11) is 1.64. The first-order valence-corrected chi connectivity index (χ1v) is 7.59. The summed E-state index contributed by atoms with van der Waals surface area (Å²) in [6.45, 7) is 5.83. The number of benzene rings is 1. The van der Waals surface area contributed by atoms with Gasteiger partial charge in [-0.2, -0.15) is 0 Å². The van der Waals surface area contributed by atoms with Gasteiger partial charge < -0.3 is 15.0 Å². The lowest BCUT2D eigenvalue weighted by atomic mass is 10.1. The fourth-order valence-electron chi connectivity index (χ4n) is 2.11. The Balaban J connectivity index is 2.30. The Morgan fingerprint density at radius 1 is 1.18 bits per heavy atom. The smallest absolute Gasteiger partial charge is 0.224 e. The molecule has 0 saturated carbocycles. The summed E-state index contributed by atoms with van der Waals surface area (Å²) in [6.07, 6.45) is 1.16. The van der Waals surface area contributed by atoms with Crippen molar-refractivity contribution in [3.05, 3.63) is 35.4 Å². The van der Waals surface area contributed by atoms with Gasteiger partial charge in [0, 0.05) is 40.3 Å². The van der Waals surface area contributed by atoms with Crippen LogP contribution in [0.2, 0.25) is 0 Å². The van der Waals surface area contributed by atoms with Crippen LogP contribution in [0.1, 0.15) is 24.5 Å². The van der Waals surface area contributed by atoms with Gasteiger partial charge in [-0.15, -0.1) is 0 Å². The fraction of sp³-hybridized carbons (Fsp3) is 0.529. The van der Waals surface area contributed by atoms with Gasteiger partial charge in [-0.25, -0.2) is 0 Å². The molecule has 0 bridgehead atoms. The third-order valence-electron chi connectivity index (χ3n) is 3.41. The third kappa shape index (κ3) is 7.22. The minimum absolute atomic E-state index is 0.0175. The van der Waals surface area contributed by atoms with Crippen LogP contribution >= 0.6 is 0 Å². The molecule has 1 aromatic carbocycles. The van der Waals surface area contributed by atoms with E-state index in [1.54, 1.807) is 18.9 Å². The van der Waals surface area contributed by atoms with E-state index in [2.05, 4.69) is 5.32 Å². The predicted molar refractivity (Wildman–Crippen MR) is 86.6 cm³/mol. The van der Waals surface area contributed by atoms with Crippen LogP contribution in [0.25, 0.3) is 0 Å². The molecule has 0 aliphatic rings. The number of hydrogen-bond donors (Lipinski definition) is 1. The Hall–Kier alpha value is -1.88. The highest BCUT2D eigenvalue weighted by Crippen LogP contribution is 2.03. The maximum Gasteiger partial charge on any atom is 0.224 e. The second-order valence-electron chi connectivity index (χ2n) is 5.36. The molecule has 0 saturated heterocycles. The van der Waals surface area contributed by atoms with Gasteiger partial charge in [0.2, 0.25) is 11.8 Å². The lowest BCUT2D eigenvalue weighted by Crippen LogP contribution is -2.38. The maximum absolute atomic E-state index is 11.9. The molecule has 1 aromatic rings. The number of amides is 2. The number of ether oxygens (including phenoxy) is 1. The van der Waals surface area contributed by atoms with E-state index in [-0.39, 0.29) is 11.8 Å². The van der Waals surface area contributed by atoms with Crippen molar-refractivity contribution in [2.45, 2.75) is 26.7 Å². The molecule has 22 heavy (non-hydrogen) atoms. The van der Waals surface area contributed by atoms with Crippen LogP contribution in [-0.4, -0.2) is 50.1 Å². The molecule has 0 radical (unpaired) electrons. The zero-order valence-corrected chi connectivity index (χ0v) is 13.7. The first kappa shape index (κ1) is 18.2.